The molecule has 6 nitrogen and oxygen atoms in total. The summed E-state index contributed by atoms with van der Waals surface area (Å²) < 4.78 is 2.02. The number of amides is 3. The molecule has 0 bridgehead atoms. The van der Waals surface area contributed by atoms with Gasteiger partial charge in [0.1, 0.15) is 6.54 Å². The summed E-state index contributed by atoms with van der Waals surface area (Å²) in [6.45, 7) is 0.815. The van der Waals surface area contributed by atoms with E-state index in [4.69, 9.17) is 11.6 Å². The average molecular weight is 388 g/mol. The molecule has 3 amide bonds. The SMILES string of the molecule is O=C(CN1C(=O)CC2(CCCC2)C1=O)NCCn1ccc2c(Cl)cccc21. The first-order valence-electron chi connectivity index (χ1n) is 9.35. The van der Waals surface area contributed by atoms with Crippen molar-refractivity contribution in [3.8, 4) is 0 Å². The topological polar surface area (TPSA) is 71.4 Å². The fourth-order valence-corrected chi connectivity index (χ4v) is 4.59. The highest BCUT2D eigenvalue weighted by Gasteiger charge is 2.52. The second kappa shape index (κ2) is 7.00. The van der Waals surface area contributed by atoms with Gasteiger partial charge >= 0.3 is 0 Å². The van der Waals surface area contributed by atoms with E-state index in [1.807, 2.05) is 35.0 Å². The highest BCUT2D eigenvalue weighted by molar-refractivity contribution is 6.35. The lowest BCUT2D eigenvalue weighted by Gasteiger charge is -2.20. The van der Waals surface area contributed by atoms with E-state index in [0.29, 0.717) is 18.1 Å². The maximum Gasteiger partial charge on any atom is 0.240 e. The Morgan fingerprint density at radius 1 is 1.19 bits per heavy atom. The molecule has 1 aliphatic carbocycles. The van der Waals surface area contributed by atoms with E-state index in [-0.39, 0.29) is 30.7 Å². The molecule has 2 heterocycles. The number of carbonyl (C=O) groups excluding carboxylic acids is 3. The van der Waals surface area contributed by atoms with Gasteiger partial charge in [-0.05, 0) is 31.0 Å². The van der Waals surface area contributed by atoms with Crippen LogP contribution in [0.2, 0.25) is 5.02 Å². The summed E-state index contributed by atoms with van der Waals surface area (Å²) in [6, 6.07) is 7.66. The molecule has 1 aromatic carbocycles. The first-order valence-corrected chi connectivity index (χ1v) is 9.73. The number of rotatable bonds is 5. The van der Waals surface area contributed by atoms with Crippen LogP contribution in [0.1, 0.15) is 32.1 Å². The maximum absolute atomic E-state index is 12.6. The van der Waals surface area contributed by atoms with E-state index in [9.17, 15) is 14.4 Å². The van der Waals surface area contributed by atoms with Crippen LogP contribution in [0.3, 0.4) is 0 Å². The van der Waals surface area contributed by atoms with Crippen LogP contribution < -0.4 is 5.32 Å². The minimum atomic E-state index is -0.527. The Kier molecular flexibility index (Phi) is 4.68. The second-order valence-electron chi connectivity index (χ2n) is 7.48. The lowest BCUT2D eigenvalue weighted by atomic mass is 9.84. The van der Waals surface area contributed by atoms with Gasteiger partial charge in [0, 0.05) is 41.6 Å². The van der Waals surface area contributed by atoms with Crippen molar-refractivity contribution < 1.29 is 14.4 Å². The van der Waals surface area contributed by atoms with Crippen molar-refractivity contribution in [1.29, 1.82) is 0 Å². The van der Waals surface area contributed by atoms with Crippen LogP contribution in [0.4, 0.5) is 0 Å². The Bertz CT molecular complexity index is 914. The van der Waals surface area contributed by atoms with Crippen molar-refractivity contribution >= 4 is 40.2 Å². The van der Waals surface area contributed by atoms with Gasteiger partial charge in [-0.1, -0.05) is 30.5 Å². The molecule has 2 fully saturated rings. The molecule has 2 aromatic rings. The van der Waals surface area contributed by atoms with E-state index < -0.39 is 5.41 Å². The molecule has 1 aliphatic heterocycles. The van der Waals surface area contributed by atoms with Gasteiger partial charge in [-0.2, -0.15) is 0 Å². The van der Waals surface area contributed by atoms with Crippen LogP contribution in [-0.4, -0.2) is 40.3 Å². The van der Waals surface area contributed by atoms with Gasteiger partial charge in [0.15, 0.2) is 0 Å². The van der Waals surface area contributed by atoms with Gasteiger partial charge in [-0.25, -0.2) is 0 Å². The summed E-state index contributed by atoms with van der Waals surface area (Å²) in [5, 5.41) is 4.48. The lowest BCUT2D eigenvalue weighted by Crippen LogP contribution is -2.42. The molecule has 0 radical (unpaired) electrons. The van der Waals surface area contributed by atoms with Gasteiger partial charge in [0.05, 0.1) is 5.41 Å². The van der Waals surface area contributed by atoms with Crippen LogP contribution in [0.15, 0.2) is 30.5 Å². The minimum absolute atomic E-state index is 0.161. The predicted octanol–water partition coefficient (Wildman–Crippen LogP) is 2.73. The van der Waals surface area contributed by atoms with Crippen molar-refractivity contribution in [3.05, 3.63) is 35.5 Å². The van der Waals surface area contributed by atoms with Crippen molar-refractivity contribution in [1.82, 2.24) is 14.8 Å². The first kappa shape index (κ1) is 18.0. The van der Waals surface area contributed by atoms with E-state index in [1.165, 1.54) is 0 Å². The van der Waals surface area contributed by atoms with Gasteiger partial charge < -0.3 is 9.88 Å². The number of aromatic nitrogens is 1. The maximum atomic E-state index is 12.6. The molecule has 1 aromatic heterocycles. The fourth-order valence-electron chi connectivity index (χ4n) is 4.36. The van der Waals surface area contributed by atoms with Crippen LogP contribution in [-0.2, 0) is 20.9 Å². The van der Waals surface area contributed by atoms with E-state index >= 15 is 0 Å². The van der Waals surface area contributed by atoms with Gasteiger partial charge in [0.25, 0.3) is 0 Å². The standard InChI is InChI=1S/C20H22ClN3O3/c21-15-4-3-5-16-14(15)6-10-23(16)11-9-22-17(25)13-24-18(26)12-20(19(24)27)7-1-2-8-20/h3-6,10H,1-2,7-9,11-13H2,(H,22,25). The number of nitrogens with one attached hydrogen (secondary N) is 1. The smallest absolute Gasteiger partial charge is 0.240 e. The Hall–Kier alpha value is -2.34. The molecule has 1 saturated carbocycles. The number of likely N-dealkylation sites (tertiary alicyclic amines) is 1. The van der Waals surface area contributed by atoms with E-state index in [0.717, 1.165) is 41.5 Å². The Morgan fingerprint density at radius 3 is 2.74 bits per heavy atom. The normalized spacial score (nSPS) is 18.8. The van der Waals surface area contributed by atoms with Crippen molar-refractivity contribution in [2.45, 2.75) is 38.6 Å². The van der Waals surface area contributed by atoms with Gasteiger partial charge in [0.2, 0.25) is 17.7 Å². The summed E-state index contributed by atoms with van der Waals surface area (Å²) in [6.07, 6.45) is 5.68. The van der Waals surface area contributed by atoms with Crippen molar-refractivity contribution in [3.63, 3.8) is 0 Å². The number of benzene rings is 1. The summed E-state index contributed by atoms with van der Waals surface area (Å²) in [5.74, 6) is -0.685. The number of hydrogen-bond donors (Lipinski definition) is 1. The molecule has 7 heteroatoms. The van der Waals surface area contributed by atoms with E-state index in [2.05, 4.69) is 5.32 Å². The summed E-state index contributed by atoms with van der Waals surface area (Å²) in [4.78, 5) is 38.2. The van der Waals surface area contributed by atoms with Crippen LogP contribution in [0.5, 0.6) is 0 Å². The van der Waals surface area contributed by atoms with Crippen molar-refractivity contribution in [2.75, 3.05) is 13.1 Å². The summed E-state index contributed by atoms with van der Waals surface area (Å²) in [7, 11) is 0. The highest BCUT2D eigenvalue weighted by atomic mass is 35.5. The first-order chi connectivity index (χ1) is 13.0. The third kappa shape index (κ3) is 3.23. The zero-order valence-electron chi connectivity index (χ0n) is 15.0. The third-order valence-corrected chi connectivity index (χ3v) is 6.12. The van der Waals surface area contributed by atoms with Gasteiger partial charge in [-0.3, -0.25) is 19.3 Å². The average Bonchev–Trinajstić information content (AvgIpc) is 3.32. The lowest BCUT2D eigenvalue weighted by molar-refractivity contribution is -0.144. The number of imide groups is 1. The molecule has 27 heavy (non-hydrogen) atoms. The molecule has 0 unspecified atom stereocenters. The number of fused-ring (bicyclic) bond motifs is 1. The quantitative estimate of drug-likeness (QED) is 0.802. The van der Waals surface area contributed by atoms with Crippen LogP contribution in [0.25, 0.3) is 10.9 Å². The molecule has 1 saturated heterocycles. The number of carbonyl (C=O) groups is 3. The molecular weight excluding hydrogens is 366 g/mol. The number of halogens is 1. The molecule has 4 rings (SSSR count). The fraction of sp³-hybridized carbons (Fsp3) is 0.450. The molecule has 1 spiro atoms. The molecule has 2 aliphatic rings. The summed E-state index contributed by atoms with van der Waals surface area (Å²) >= 11 is 6.18. The van der Waals surface area contributed by atoms with Crippen LogP contribution >= 0.6 is 11.6 Å². The summed E-state index contributed by atoms with van der Waals surface area (Å²) in [5.41, 5.74) is 0.477. The zero-order chi connectivity index (χ0) is 19.0. The largest absolute Gasteiger partial charge is 0.353 e. The molecular formula is C20H22ClN3O3. The van der Waals surface area contributed by atoms with E-state index in [1.54, 1.807) is 0 Å². The number of nitrogens with zero attached hydrogens (tertiary/aromatic N) is 2. The molecule has 0 atom stereocenters. The zero-order valence-corrected chi connectivity index (χ0v) is 15.8. The second-order valence-corrected chi connectivity index (χ2v) is 7.89. The van der Waals surface area contributed by atoms with Gasteiger partial charge in [-0.15, -0.1) is 0 Å². The minimum Gasteiger partial charge on any atom is -0.353 e. The van der Waals surface area contributed by atoms with Crippen molar-refractivity contribution in [2.24, 2.45) is 5.41 Å². The molecule has 1 N–H and O–H groups in total. The van der Waals surface area contributed by atoms with Crippen LogP contribution in [0, 0.1) is 5.41 Å². The predicted molar refractivity (Wildman–Crippen MR) is 102 cm³/mol. The number of hydrogen-bond acceptors (Lipinski definition) is 3. The molecule has 142 valence electrons. The monoisotopic (exact) mass is 387 g/mol. The Morgan fingerprint density at radius 2 is 1.96 bits per heavy atom. The highest BCUT2D eigenvalue weighted by Crippen LogP contribution is 2.46. The third-order valence-electron chi connectivity index (χ3n) is 5.79. The Labute approximate surface area is 162 Å². The Balaban J connectivity index is 1.33.